The second-order valence-electron chi connectivity index (χ2n) is 12.7. The highest BCUT2D eigenvalue weighted by molar-refractivity contribution is 7.62. The maximum Gasteiger partial charge on any atom is 0.410 e. The van der Waals surface area contributed by atoms with Crippen LogP contribution in [0.25, 0.3) is 0 Å². The Morgan fingerprint density at radius 2 is 1.51 bits per heavy atom. The second kappa shape index (κ2) is 10.9. The molecule has 0 bridgehead atoms. The average molecular weight is 531 g/mol. The summed E-state index contributed by atoms with van der Waals surface area (Å²) in [6.45, 7) is 17.1. The van der Waals surface area contributed by atoms with Crippen LogP contribution in [-0.4, -0.2) is 38.8 Å². The minimum atomic E-state index is -3.72. The molecule has 1 aromatic heterocycles. The van der Waals surface area contributed by atoms with Gasteiger partial charge in [0.25, 0.3) is 0 Å². The molecule has 2 heterocycles. The highest BCUT2D eigenvalue weighted by atomic mass is 31.2. The van der Waals surface area contributed by atoms with Crippen molar-refractivity contribution in [2.75, 3.05) is 0 Å². The minimum Gasteiger partial charge on any atom is -0.444 e. The van der Waals surface area contributed by atoms with E-state index in [4.69, 9.17) is 18.8 Å². The number of fused-ring (bicyclic) bond motifs is 1. The van der Waals surface area contributed by atoms with Crippen LogP contribution in [0.5, 0.6) is 0 Å². The quantitative estimate of drug-likeness (QED) is 0.381. The third-order valence-electron chi connectivity index (χ3n) is 5.57. The molecule has 1 aliphatic rings. The van der Waals surface area contributed by atoms with Gasteiger partial charge in [-0.05, 0) is 92.3 Å². The molecular weight excluding hydrogens is 487 g/mol. The number of pyridine rings is 1. The monoisotopic (exact) mass is 530 g/mol. The molecule has 0 N–H and O–H groups in total. The highest BCUT2D eigenvalue weighted by Gasteiger charge is 2.40. The van der Waals surface area contributed by atoms with Crippen molar-refractivity contribution in [3.63, 3.8) is 0 Å². The molecule has 204 valence electrons. The fourth-order valence-corrected chi connectivity index (χ4v) is 6.41. The summed E-state index contributed by atoms with van der Waals surface area (Å²) < 4.78 is 31.8. The van der Waals surface area contributed by atoms with Crippen molar-refractivity contribution in [3.8, 4) is 0 Å². The second-order valence-corrected chi connectivity index (χ2v) is 14.5. The lowest BCUT2D eigenvalue weighted by Crippen LogP contribution is -2.47. The molecule has 0 fully saturated rings. The van der Waals surface area contributed by atoms with Crippen LogP contribution < -0.4 is 5.44 Å². The molecule has 0 radical (unpaired) electrons. The standard InChI is InChI=1S/C29H43N2O5P/c1-27(2,3)34-26(32)31-20-22-16-18-25(37(33,35-28(4,5)6)36-29(7,8)9)30-24(22)19-23(31)17-15-21-13-11-10-12-14-21/h10-14,16,18,23H,15,17,19-20H2,1-9H3. The van der Waals surface area contributed by atoms with Crippen LogP contribution in [0.4, 0.5) is 4.79 Å². The van der Waals surface area contributed by atoms with E-state index in [2.05, 4.69) is 12.1 Å². The normalized spacial score (nSPS) is 16.9. The van der Waals surface area contributed by atoms with Crippen LogP contribution in [0.15, 0.2) is 42.5 Å². The Hall–Kier alpha value is -2.21. The zero-order valence-corrected chi connectivity index (χ0v) is 24.7. The zero-order chi connectivity index (χ0) is 27.6. The Labute approximate surface area is 222 Å². The van der Waals surface area contributed by atoms with Crippen molar-refractivity contribution in [2.45, 2.75) is 111 Å². The summed E-state index contributed by atoms with van der Waals surface area (Å²) in [6.07, 6.45) is 1.76. The van der Waals surface area contributed by atoms with Gasteiger partial charge in [0.05, 0.1) is 17.7 Å². The number of amides is 1. The topological polar surface area (TPSA) is 78.0 Å². The molecule has 7 nitrogen and oxygen atoms in total. The van der Waals surface area contributed by atoms with Gasteiger partial charge in [0.15, 0.2) is 5.44 Å². The van der Waals surface area contributed by atoms with E-state index in [9.17, 15) is 9.36 Å². The van der Waals surface area contributed by atoms with Gasteiger partial charge in [-0.1, -0.05) is 36.4 Å². The largest absolute Gasteiger partial charge is 0.444 e. The number of carbonyl (C=O) groups excluding carboxylic acids is 1. The summed E-state index contributed by atoms with van der Waals surface area (Å²) in [4.78, 5) is 19.8. The van der Waals surface area contributed by atoms with Gasteiger partial charge in [-0.2, -0.15) is 0 Å². The first kappa shape index (κ1) is 29.3. The van der Waals surface area contributed by atoms with E-state index in [1.54, 1.807) is 11.0 Å². The summed E-state index contributed by atoms with van der Waals surface area (Å²) in [5, 5.41) is 0. The number of carbonyl (C=O) groups is 1. The first-order valence-electron chi connectivity index (χ1n) is 13.0. The average Bonchev–Trinajstić information content (AvgIpc) is 2.73. The van der Waals surface area contributed by atoms with Gasteiger partial charge in [0, 0.05) is 18.2 Å². The van der Waals surface area contributed by atoms with Crippen molar-refractivity contribution >= 4 is 19.1 Å². The van der Waals surface area contributed by atoms with E-state index in [0.29, 0.717) is 18.4 Å². The van der Waals surface area contributed by atoms with E-state index in [-0.39, 0.29) is 12.1 Å². The van der Waals surface area contributed by atoms with E-state index in [1.807, 2.05) is 86.6 Å². The van der Waals surface area contributed by atoms with Crippen LogP contribution >= 0.6 is 7.60 Å². The smallest absolute Gasteiger partial charge is 0.410 e. The molecule has 0 saturated heterocycles. The summed E-state index contributed by atoms with van der Waals surface area (Å²) in [5.74, 6) is 0. The SMILES string of the molecule is CC(C)(C)OC(=O)N1Cc2ccc(P(=O)(OC(C)(C)C)OC(C)(C)C)nc2CC1CCc1ccccc1. The van der Waals surface area contributed by atoms with Gasteiger partial charge in [-0.3, -0.25) is 13.6 Å². The molecule has 1 unspecified atom stereocenters. The zero-order valence-electron chi connectivity index (χ0n) is 23.8. The third-order valence-corrected chi connectivity index (χ3v) is 7.96. The summed E-state index contributed by atoms with van der Waals surface area (Å²) in [5.41, 5.74) is 1.25. The number of nitrogens with zero attached hydrogens (tertiary/aromatic N) is 2. The van der Waals surface area contributed by atoms with E-state index >= 15 is 0 Å². The van der Waals surface area contributed by atoms with Gasteiger partial charge < -0.3 is 9.64 Å². The number of ether oxygens (including phenoxy) is 1. The van der Waals surface area contributed by atoms with Gasteiger partial charge >= 0.3 is 13.7 Å². The van der Waals surface area contributed by atoms with Crippen LogP contribution in [-0.2, 0) is 37.7 Å². The molecule has 1 aliphatic heterocycles. The fraction of sp³-hybridized carbons (Fsp3) is 0.586. The fourth-order valence-electron chi connectivity index (χ4n) is 4.24. The van der Waals surface area contributed by atoms with Gasteiger partial charge in [0.1, 0.15) is 5.60 Å². The van der Waals surface area contributed by atoms with Crippen molar-refractivity contribution in [1.29, 1.82) is 0 Å². The molecule has 37 heavy (non-hydrogen) atoms. The lowest BCUT2D eigenvalue weighted by molar-refractivity contribution is 0.0107. The number of aromatic nitrogens is 1. The molecule has 0 spiro atoms. The number of hydrogen-bond donors (Lipinski definition) is 0. The molecule has 0 saturated carbocycles. The first-order chi connectivity index (χ1) is 16.9. The van der Waals surface area contributed by atoms with Gasteiger partial charge in [0.2, 0.25) is 0 Å². The number of rotatable bonds is 6. The van der Waals surface area contributed by atoms with Crippen LogP contribution in [0, 0.1) is 0 Å². The number of benzene rings is 1. The van der Waals surface area contributed by atoms with Crippen molar-refractivity contribution < 1.29 is 23.1 Å². The summed E-state index contributed by atoms with van der Waals surface area (Å²) in [6, 6.07) is 13.7. The molecule has 0 aliphatic carbocycles. The van der Waals surface area contributed by atoms with Crippen LogP contribution in [0.1, 0.15) is 85.6 Å². The van der Waals surface area contributed by atoms with E-state index in [1.165, 1.54) is 5.56 Å². The lowest BCUT2D eigenvalue weighted by atomic mass is 9.94. The van der Waals surface area contributed by atoms with Gasteiger partial charge in [-0.15, -0.1) is 0 Å². The third kappa shape index (κ3) is 8.66. The number of hydrogen-bond acceptors (Lipinski definition) is 6. The maximum absolute atomic E-state index is 14.1. The Balaban J connectivity index is 1.95. The minimum absolute atomic E-state index is 0.114. The maximum atomic E-state index is 14.1. The molecular formula is C29H43N2O5P. The van der Waals surface area contributed by atoms with E-state index < -0.39 is 24.4 Å². The van der Waals surface area contributed by atoms with Crippen molar-refractivity contribution in [1.82, 2.24) is 9.88 Å². The van der Waals surface area contributed by atoms with Crippen molar-refractivity contribution in [2.24, 2.45) is 0 Å². The highest BCUT2D eigenvalue weighted by Crippen LogP contribution is 2.53. The Kier molecular flexibility index (Phi) is 8.63. The number of aryl methyl sites for hydroxylation is 1. The molecule has 1 amide bonds. The summed E-state index contributed by atoms with van der Waals surface area (Å²) in [7, 11) is -3.72. The molecule has 3 rings (SSSR count). The van der Waals surface area contributed by atoms with Gasteiger partial charge in [-0.25, -0.2) is 9.78 Å². The van der Waals surface area contributed by atoms with Crippen LogP contribution in [0.2, 0.25) is 0 Å². The Morgan fingerprint density at radius 3 is 2.05 bits per heavy atom. The van der Waals surface area contributed by atoms with E-state index in [0.717, 1.165) is 24.1 Å². The first-order valence-corrected chi connectivity index (χ1v) is 14.5. The Morgan fingerprint density at radius 1 is 0.919 bits per heavy atom. The van der Waals surface area contributed by atoms with Crippen LogP contribution in [0.3, 0.4) is 0 Å². The summed E-state index contributed by atoms with van der Waals surface area (Å²) >= 11 is 0. The molecule has 2 aromatic rings. The lowest BCUT2D eigenvalue weighted by Gasteiger charge is -2.38. The predicted octanol–water partition coefficient (Wildman–Crippen LogP) is 6.82. The molecule has 8 heteroatoms. The Bertz CT molecular complexity index is 1110. The molecule has 1 atom stereocenters. The predicted molar refractivity (Wildman–Crippen MR) is 147 cm³/mol. The van der Waals surface area contributed by atoms with Crippen molar-refractivity contribution in [3.05, 3.63) is 59.3 Å². The molecule has 1 aromatic carbocycles.